The second-order valence-corrected chi connectivity index (χ2v) is 4.88. The van der Waals surface area contributed by atoms with E-state index in [0.29, 0.717) is 0 Å². The van der Waals surface area contributed by atoms with Crippen molar-refractivity contribution in [1.29, 1.82) is 0 Å². The van der Waals surface area contributed by atoms with Gasteiger partial charge in [-0.1, -0.05) is 6.08 Å². The molecule has 0 aliphatic heterocycles. The van der Waals surface area contributed by atoms with E-state index in [4.69, 9.17) is 0 Å². The van der Waals surface area contributed by atoms with Crippen LogP contribution in [0.5, 0.6) is 0 Å². The monoisotopic (exact) mass is 191 g/mol. The Morgan fingerprint density at radius 1 is 1.36 bits per heavy atom. The first-order valence-electron chi connectivity index (χ1n) is 5.19. The maximum absolute atomic E-state index is 2.33. The third-order valence-corrected chi connectivity index (χ3v) is 2.62. The molecular formula is C13H21N. The smallest absolute Gasteiger partial charge is 0.0358 e. The Balaban J connectivity index is 3.18. The van der Waals surface area contributed by atoms with Crippen molar-refractivity contribution in [3.63, 3.8) is 0 Å². The van der Waals surface area contributed by atoms with Crippen LogP contribution in [0.3, 0.4) is 0 Å². The molecular weight excluding hydrogens is 170 g/mol. The second-order valence-electron chi connectivity index (χ2n) is 4.88. The van der Waals surface area contributed by atoms with Gasteiger partial charge in [0.15, 0.2) is 0 Å². The molecule has 0 atom stereocenters. The Hall–Kier alpha value is -0.980. The summed E-state index contributed by atoms with van der Waals surface area (Å²) in [6, 6.07) is 2.25. The van der Waals surface area contributed by atoms with Crippen molar-refractivity contribution >= 4 is 5.57 Å². The first-order chi connectivity index (χ1) is 6.36. The molecule has 0 bridgehead atoms. The molecule has 78 valence electrons. The third-order valence-electron chi connectivity index (χ3n) is 2.62. The van der Waals surface area contributed by atoms with Crippen molar-refractivity contribution in [3.8, 4) is 0 Å². The van der Waals surface area contributed by atoms with Crippen molar-refractivity contribution in [2.24, 2.45) is 0 Å². The van der Waals surface area contributed by atoms with Crippen LogP contribution >= 0.6 is 0 Å². The van der Waals surface area contributed by atoms with Crippen LogP contribution in [0.2, 0.25) is 0 Å². The van der Waals surface area contributed by atoms with Crippen LogP contribution in [-0.4, -0.2) is 4.57 Å². The van der Waals surface area contributed by atoms with Gasteiger partial charge in [0.05, 0.1) is 0 Å². The number of aromatic nitrogens is 1. The largest absolute Gasteiger partial charge is 0.346 e. The molecule has 0 spiro atoms. The molecule has 14 heavy (non-hydrogen) atoms. The number of hydrogen-bond donors (Lipinski definition) is 0. The van der Waals surface area contributed by atoms with Gasteiger partial charge in [-0.15, -0.1) is 0 Å². The second kappa shape index (κ2) is 3.64. The maximum Gasteiger partial charge on any atom is 0.0358 e. The Labute approximate surface area is 87.4 Å². The minimum absolute atomic E-state index is 0.177. The minimum Gasteiger partial charge on any atom is -0.346 e. The lowest BCUT2D eigenvalue weighted by Crippen LogP contribution is -2.21. The molecule has 0 aliphatic rings. The van der Waals surface area contributed by atoms with E-state index in [1.807, 2.05) is 0 Å². The van der Waals surface area contributed by atoms with Gasteiger partial charge in [0.25, 0.3) is 0 Å². The van der Waals surface area contributed by atoms with Crippen molar-refractivity contribution in [1.82, 2.24) is 4.57 Å². The molecule has 1 rings (SSSR count). The fraction of sp³-hybridized carbons (Fsp3) is 0.538. The Bertz CT molecular complexity index is 348. The highest BCUT2D eigenvalue weighted by Crippen LogP contribution is 2.23. The van der Waals surface area contributed by atoms with Crippen LogP contribution in [0, 0.1) is 6.92 Å². The Kier molecular flexibility index (Phi) is 2.89. The lowest BCUT2D eigenvalue weighted by Gasteiger charge is -2.23. The van der Waals surface area contributed by atoms with E-state index in [2.05, 4.69) is 64.4 Å². The fourth-order valence-corrected chi connectivity index (χ4v) is 1.68. The van der Waals surface area contributed by atoms with Gasteiger partial charge in [0.1, 0.15) is 0 Å². The first-order valence-corrected chi connectivity index (χ1v) is 5.19. The molecule has 0 amide bonds. The number of aryl methyl sites for hydroxylation is 1. The molecule has 0 aromatic carbocycles. The zero-order valence-corrected chi connectivity index (χ0v) is 10.2. The van der Waals surface area contributed by atoms with Crippen molar-refractivity contribution in [2.75, 3.05) is 0 Å². The molecule has 0 fully saturated rings. The number of hydrogen-bond acceptors (Lipinski definition) is 0. The van der Waals surface area contributed by atoms with Gasteiger partial charge >= 0.3 is 0 Å². The topological polar surface area (TPSA) is 4.93 Å². The van der Waals surface area contributed by atoms with E-state index < -0.39 is 0 Å². The quantitative estimate of drug-likeness (QED) is 0.633. The van der Waals surface area contributed by atoms with Crippen LogP contribution in [0.4, 0.5) is 0 Å². The van der Waals surface area contributed by atoms with E-state index in [1.54, 1.807) is 0 Å². The van der Waals surface area contributed by atoms with E-state index in [9.17, 15) is 0 Å². The molecule has 1 heterocycles. The summed E-state index contributed by atoms with van der Waals surface area (Å²) in [6.45, 7) is 13.1. The molecule has 0 N–H and O–H groups in total. The SMILES string of the molecule is C/C=C(\C)c1cc(C)n(C(C)(C)C)c1. The van der Waals surface area contributed by atoms with Crippen LogP contribution in [0.1, 0.15) is 45.9 Å². The van der Waals surface area contributed by atoms with Gasteiger partial charge in [-0.05, 0) is 58.7 Å². The van der Waals surface area contributed by atoms with Gasteiger partial charge in [-0.3, -0.25) is 0 Å². The van der Waals surface area contributed by atoms with Gasteiger partial charge in [-0.25, -0.2) is 0 Å². The molecule has 0 aliphatic carbocycles. The molecule has 1 aromatic rings. The van der Waals surface area contributed by atoms with Crippen molar-refractivity contribution in [3.05, 3.63) is 29.6 Å². The molecule has 0 saturated carbocycles. The van der Waals surface area contributed by atoms with E-state index in [0.717, 1.165) is 0 Å². The van der Waals surface area contributed by atoms with Crippen molar-refractivity contribution < 1.29 is 0 Å². The third kappa shape index (κ3) is 2.09. The minimum atomic E-state index is 0.177. The maximum atomic E-state index is 2.33. The molecule has 0 radical (unpaired) electrons. The summed E-state index contributed by atoms with van der Waals surface area (Å²) in [5.74, 6) is 0. The van der Waals surface area contributed by atoms with E-state index >= 15 is 0 Å². The van der Waals surface area contributed by atoms with Crippen LogP contribution in [-0.2, 0) is 5.54 Å². The summed E-state index contributed by atoms with van der Waals surface area (Å²) in [5.41, 5.74) is 4.18. The molecule has 1 aromatic heterocycles. The average molecular weight is 191 g/mol. The highest BCUT2D eigenvalue weighted by atomic mass is 15.0. The van der Waals surface area contributed by atoms with Gasteiger partial charge < -0.3 is 4.57 Å². The summed E-state index contributed by atoms with van der Waals surface area (Å²) in [5, 5.41) is 0. The van der Waals surface area contributed by atoms with Gasteiger partial charge in [0.2, 0.25) is 0 Å². The highest BCUT2D eigenvalue weighted by Gasteiger charge is 2.15. The van der Waals surface area contributed by atoms with Gasteiger partial charge in [0, 0.05) is 17.4 Å². The van der Waals surface area contributed by atoms with Crippen LogP contribution < -0.4 is 0 Å². The van der Waals surface area contributed by atoms with E-state index in [-0.39, 0.29) is 5.54 Å². The molecule has 1 nitrogen and oxygen atoms in total. The molecule has 0 unspecified atom stereocenters. The van der Waals surface area contributed by atoms with Crippen LogP contribution in [0.25, 0.3) is 5.57 Å². The number of allylic oxidation sites excluding steroid dienone is 2. The standard InChI is InChI=1S/C13H21N/c1-7-10(2)12-8-11(3)14(9-12)13(4,5)6/h7-9H,1-6H3/b10-7+. The Morgan fingerprint density at radius 2 is 1.93 bits per heavy atom. The number of nitrogens with zero attached hydrogens (tertiary/aromatic N) is 1. The summed E-state index contributed by atoms with van der Waals surface area (Å²) in [4.78, 5) is 0. The first kappa shape index (κ1) is 11.1. The predicted molar refractivity (Wildman–Crippen MR) is 63.5 cm³/mol. The zero-order valence-electron chi connectivity index (χ0n) is 10.2. The molecule has 0 saturated heterocycles. The normalized spacial score (nSPS) is 13.4. The van der Waals surface area contributed by atoms with Crippen molar-refractivity contribution in [2.45, 2.75) is 47.1 Å². The Morgan fingerprint density at radius 3 is 2.29 bits per heavy atom. The fourth-order valence-electron chi connectivity index (χ4n) is 1.68. The van der Waals surface area contributed by atoms with Gasteiger partial charge in [-0.2, -0.15) is 0 Å². The number of rotatable bonds is 1. The summed E-state index contributed by atoms with van der Waals surface area (Å²) in [7, 11) is 0. The lowest BCUT2D eigenvalue weighted by molar-refractivity contribution is 0.390. The lowest BCUT2D eigenvalue weighted by atomic mass is 10.1. The average Bonchev–Trinajstić information content (AvgIpc) is 2.45. The highest BCUT2D eigenvalue weighted by molar-refractivity contribution is 5.63. The predicted octanol–water partition coefficient (Wildman–Crippen LogP) is 3.97. The summed E-state index contributed by atoms with van der Waals surface area (Å²) in [6.07, 6.45) is 4.40. The summed E-state index contributed by atoms with van der Waals surface area (Å²) >= 11 is 0. The summed E-state index contributed by atoms with van der Waals surface area (Å²) < 4.78 is 2.33. The van der Waals surface area contributed by atoms with Crippen LogP contribution in [0.15, 0.2) is 18.3 Å². The zero-order chi connectivity index (χ0) is 10.9. The molecule has 1 heteroatoms. The van der Waals surface area contributed by atoms with E-state index in [1.165, 1.54) is 16.8 Å².